The highest BCUT2D eigenvalue weighted by molar-refractivity contribution is 6.43. The first-order valence-electron chi connectivity index (χ1n) is 6.85. The fraction of sp³-hybridized carbons (Fsp3) is 0.375. The first-order valence-corrected chi connectivity index (χ1v) is 7.60. The minimum atomic E-state index is -0.473. The van der Waals surface area contributed by atoms with Crippen molar-refractivity contribution in [3.8, 4) is 5.75 Å². The minimum absolute atomic E-state index is 0.0957. The van der Waals surface area contributed by atoms with Crippen LogP contribution in [0.25, 0.3) is 0 Å². The Balaban J connectivity index is 2.27. The summed E-state index contributed by atoms with van der Waals surface area (Å²) in [5.41, 5.74) is 0.953. The maximum Gasteiger partial charge on any atom is 0.311 e. The molecule has 0 aliphatic rings. The third kappa shape index (κ3) is 6.96. The number of esters is 2. The summed E-state index contributed by atoms with van der Waals surface area (Å²) in [6.45, 7) is 5.90. The van der Waals surface area contributed by atoms with Crippen LogP contribution in [0, 0.1) is 0 Å². The zero-order chi connectivity index (χ0) is 16.5. The van der Waals surface area contributed by atoms with Gasteiger partial charge in [0, 0.05) is 19.3 Å². The molecule has 1 aromatic rings. The minimum Gasteiger partial charge on any atom is -0.465 e. The summed E-state index contributed by atoms with van der Waals surface area (Å²) in [5.74, 6) is -0.600. The smallest absolute Gasteiger partial charge is 0.311 e. The summed E-state index contributed by atoms with van der Waals surface area (Å²) in [7, 11) is 0. The van der Waals surface area contributed by atoms with E-state index in [1.165, 1.54) is 0 Å². The SMILES string of the molecule is C=C(C)CCOC(=O)CCCC(=O)Oc1cccc(Cl)c1Cl. The van der Waals surface area contributed by atoms with E-state index < -0.39 is 5.97 Å². The van der Waals surface area contributed by atoms with Crippen LogP contribution in [0.2, 0.25) is 10.0 Å². The lowest BCUT2D eigenvalue weighted by Crippen LogP contribution is -2.10. The molecule has 0 aliphatic heterocycles. The van der Waals surface area contributed by atoms with E-state index in [-0.39, 0.29) is 29.6 Å². The molecule has 6 heteroatoms. The molecule has 1 aromatic carbocycles. The van der Waals surface area contributed by atoms with Gasteiger partial charge in [0.1, 0.15) is 5.02 Å². The Morgan fingerprint density at radius 3 is 2.50 bits per heavy atom. The van der Waals surface area contributed by atoms with Crippen LogP contribution in [0.15, 0.2) is 30.4 Å². The molecule has 0 fully saturated rings. The maximum absolute atomic E-state index is 11.7. The third-order valence-corrected chi connectivity index (χ3v) is 3.50. The average molecular weight is 345 g/mol. The highest BCUT2D eigenvalue weighted by Crippen LogP contribution is 2.31. The zero-order valence-corrected chi connectivity index (χ0v) is 13.9. The summed E-state index contributed by atoms with van der Waals surface area (Å²) < 4.78 is 10.1. The highest BCUT2D eigenvalue weighted by Gasteiger charge is 2.11. The van der Waals surface area contributed by atoms with E-state index in [1.54, 1.807) is 18.2 Å². The van der Waals surface area contributed by atoms with Gasteiger partial charge in [0.25, 0.3) is 0 Å². The summed E-state index contributed by atoms with van der Waals surface area (Å²) in [6.07, 6.45) is 1.25. The molecule has 0 radical (unpaired) electrons. The van der Waals surface area contributed by atoms with Crippen LogP contribution in [0.5, 0.6) is 5.75 Å². The summed E-state index contributed by atoms with van der Waals surface area (Å²) in [6, 6.07) is 4.79. The van der Waals surface area contributed by atoms with Crippen LogP contribution in [-0.4, -0.2) is 18.5 Å². The molecule has 0 N–H and O–H groups in total. The van der Waals surface area contributed by atoms with Crippen molar-refractivity contribution in [1.82, 2.24) is 0 Å². The molecule has 0 bridgehead atoms. The van der Waals surface area contributed by atoms with Gasteiger partial charge in [0.15, 0.2) is 5.75 Å². The number of benzene rings is 1. The van der Waals surface area contributed by atoms with Gasteiger partial charge in [-0.1, -0.05) is 34.8 Å². The van der Waals surface area contributed by atoms with Gasteiger partial charge in [-0.25, -0.2) is 0 Å². The molecule has 0 amide bonds. The lowest BCUT2D eigenvalue weighted by Gasteiger charge is -2.07. The molecule has 4 nitrogen and oxygen atoms in total. The Bertz CT molecular complexity index is 555. The second-order valence-electron chi connectivity index (χ2n) is 4.81. The van der Waals surface area contributed by atoms with Crippen molar-refractivity contribution in [3.05, 3.63) is 40.4 Å². The van der Waals surface area contributed by atoms with Crippen LogP contribution in [0.1, 0.15) is 32.6 Å². The van der Waals surface area contributed by atoms with Gasteiger partial charge in [0.05, 0.1) is 11.6 Å². The Kier molecular flexibility index (Phi) is 7.99. The van der Waals surface area contributed by atoms with E-state index in [2.05, 4.69) is 6.58 Å². The number of halogens is 2. The topological polar surface area (TPSA) is 52.6 Å². The quantitative estimate of drug-likeness (QED) is 0.393. The molecule has 0 aromatic heterocycles. The van der Waals surface area contributed by atoms with Gasteiger partial charge in [-0.05, 0) is 25.5 Å². The molecular formula is C16H18Cl2O4. The molecule has 120 valence electrons. The zero-order valence-electron chi connectivity index (χ0n) is 12.4. The summed E-state index contributed by atoms with van der Waals surface area (Å²) >= 11 is 11.7. The van der Waals surface area contributed by atoms with Crippen molar-refractivity contribution in [2.75, 3.05) is 6.61 Å². The van der Waals surface area contributed by atoms with E-state index in [0.29, 0.717) is 24.5 Å². The van der Waals surface area contributed by atoms with Crippen LogP contribution in [-0.2, 0) is 14.3 Å². The molecule has 1 rings (SSSR count). The number of hydrogen-bond acceptors (Lipinski definition) is 4. The second kappa shape index (κ2) is 9.49. The van der Waals surface area contributed by atoms with Crippen molar-refractivity contribution in [3.63, 3.8) is 0 Å². The second-order valence-corrected chi connectivity index (χ2v) is 5.59. The molecule has 0 saturated heterocycles. The van der Waals surface area contributed by atoms with Gasteiger partial charge >= 0.3 is 11.9 Å². The molecular weight excluding hydrogens is 327 g/mol. The number of rotatable bonds is 8. The molecule has 0 heterocycles. The molecule has 0 atom stereocenters. The first kappa shape index (κ1) is 18.5. The average Bonchev–Trinajstić information content (AvgIpc) is 2.43. The molecule has 0 aliphatic carbocycles. The van der Waals surface area contributed by atoms with Gasteiger partial charge in [-0.15, -0.1) is 6.58 Å². The summed E-state index contributed by atoms with van der Waals surface area (Å²) in [5, 5.41) is 0.504. The molecule has 22 heavy (non-hydrogen) atoms. The lowest BCUT2D eigenvalue weighted by atomic mass is 10.2. The van der Waals surface area contributed by atoms with E-state index in [1.807, 2.05) is 6.92 Å². The molecule has 0 saturated carbocycles. The largest absolute Gasteiger partial charge is 0.465 e. The Morgan fingerprint density at radius 1 is 1.14 bits per heavy atom. The molecule has 0 spiro atoms. The number of carbonyl (C=O) groups is 2. The maximum atomic E-state index is 11.7. The van der Waals surface area contributed by atoms with E-state index in [4.69, 9.17) is 32.7 Å². The Labute approximate surface area is 140 Å². The standard InChI is InChI=1S/C16H18Cl2O4/c1-11(2)9-10-21-14(19)7-4-8-15(20)22-13-6-3-5-12(17)16(13)18/h3,5-6H,1,4,7-10H2,2H3. The van der Waals surface area contributed by atoms with E-state index in [0.717, 1.165) is 5.57 Å². The fourth-order valence-electron chi connectivity index (χ4n) is 1.52. The normalized spacial score (nSPS) is 10.1. The van der Waals surface area contributed by atoms with Crippen LogP contribution in [0.3, 0.4) is 0 Å². The predicted molar refractivity (Wildman–Crippen MR) is 86.3 cm³/mol. The summed E-state index contributed by atoms with van der Waals surface area (Å²) in [4.78, 5) is 23.1. The number of hydrogen-bond donors (Lipinski definition) is 0. The third-order valence-electron chi connectivity index (χ3n) is 2.69. The van der Waals surface area contributed by atoms with Crippen LogP contribution in [0.4, 0.5) is 0 Å². The van der Waals surface area contributed by atoms with Crippen molar-refractivity contribution in [2.45, 2.75) is 32.6 Å². The predicted octanol–water partition coefficient (Wildman–Crippen LogP) is 4.58. The highest BCUT2D eigenvalue weighted by atomic mass is 35.5. The van der Waals surface area contributed by atoms with E-state index in [9.17, 15) is 9.59 Å². The van der Waals surface area contributed by atoms with Gasteiger partial charge in [-0.2, -0.15) is 0 Å². The Hall–Kier alpha value is -1.52. The van der Waals surface area contributed by atoms with Crippen molar-refractivity contribution >= 4 is 35.1 Å². The van der Waals surface area contributed by atoms with Crippen molar-refractivity contribution < 1.29 is 19.1 Å². The van der Waals surface area contributed by atoms with Crippen LogP contribution < -0.4 is 4.74 Å². The first-order chi connectivity index (χ1) is 10.4. The molecule has 0 unspecified atom stereocenters. The van der Waals surface area contributed by atoms with E-state index >= 15 is 0 Å². The van der Waals surface area contributed by atoms with Crippen LogP contribution >= 0.6 is 23.2 Å². The number of carbonyl (C=O) groups excluding carboxylic acids is 2. The fourth-order valence-corrected chi connectivity index (χ4v) is 1.86. The number of ether oxygens (including phenoxy) is 2. The van der Waals surface area contributed by atoms with Gasteiger partial charge < -0.3 is 9.47 Å². The lowest BCUT2D eigenvalue weighted by molar-refractivity contribution is -0.143. The van der Waals surface area contributed by atoms with Gasteiger partial charge in [0.2, 0.25) is 0 Å². The van der Waals surface area contributed by atoms with Crippen molar-refractivity contribution in [1.29, 1.82) is 0 Å². The van der Waals surface area contributed by atoms with Crippen molar-refractivity contribution in [2.24, 2.45) is 0 Å². The monoisotopic (exact) mass is 344 g/mol. The Morgan fingerprint density at radius 2 is 1.82 bits per heavy atom. The van der Waals surface area contributed by atoms with Gasteiger partial charge in [-0.3, -0.25) is 9.59 Å².